The van der Waals surface area contributed by atoms with Crippen molar-refractivity contribution >= 4 is 5.84 Å². The van der Waals surface area contributed by atoms with Crippen molar-refractivity contribution in [3.8, 4) is 0 Å². The Hall–Kier alpha value is -1.62. The van der Waals surface area contributed by atoms with E-state index in [0.717, 1.165) is 24.4 Å². The molecule has 19 heavy (non-hydrogen) atoms. The Morgan fingerprint density at radius 2 is 2.16 bits per heavy atom. The number of aromatic nitrogens is 1. The molecular weight excluding hydrogens is 240 g/mol. The number of amidine groups is 1. The molecule has 1 aromatic heterocycles. The Labute approximate surface area is 114 Å². The fraction of sp³-hybridized carbons (Fsp3) is 0.571. The predicted octanol–water partition coefficient (Wildman–Crippen LogP) is 2.09. The summed E-state index contributed by atoms with van der Waals surface area (Å²) in [6.45, 7) is 7.42. The molecule has 0 aliphatic rings. The minimum atomic E-state index is 0.0368. The molecular formula is C14H24N4O. The number of rotatable bonds is 7. The lowest BCUT2D eigenvalue weighted by Crippen LogP contribution is -2.26. The fourth-order valence-electron chi connectivity index (χ4n) is 1.75. The molecule has 1 aromatic rings. The Morgan fingerprint density at radius 3 is 2.79 bits per heavy atom. The van der Waals surface area contributed by atoms with E-state index in [4.69, 9.17) is 10.9 Å². The minimum Gasteiger partial charge on any atom is -0.409 e. The van der Waals surface area contributed by atoms with Crippen LogP contribution in [0.3, 0.4) is 0 Å². The molecule has 0 fully saturated rings. The number of nitrogens with two attached hydrogens (primary N) is 1. The van der Waals surface area contributed by atoms with Gasteiger partial charge in [0.15, 0.2) is 5.84 Å². The summed E-state index contributed by atoms with van der Waals surface area (Å²) in [6, 6.07) is 4.23. The summed E-state index contributed by atoms with van der Waals surface area (Å²) in [5.41, 5.74) is 7.09. The second kappa shape index (κ2) is 7.74. The summed E-state index contributed by atoms with van der Waals surface area (Å²) in [6.07, 6.45) is 4.05. The van der Waals surface area contributed by atoms with E-state index < -0.39 is 0 Å². The van der Waals surface area contributed by atoms with Gasteiger partial charge >= 0.3 is 0 Å². The SMILES string of the molecule is CC(C)CCC(C)NCc1ccnc(C(N)=NO)c1. The van der Waals surface area contributed by atoms with Crippen molar-refractivity contribution in [1.82, 2.24) is 10.3 Å². The number of hydrogen-bond acceptors (Lipinski definition) is 4. The highest BCUT2D eigenvalue weighted by molar-refractivity contribution is 5.95. The molecule has 0 saturated heterocycles. The van der Waals surface area contributed by atoms with Crippen molar-refractivity contribution < 1.29 is 5.21 Å². The van der Waals surface area contributed by atoms with Crippen LogP contribution in [0.4, 0.5) is 0 Å². The van der Waals surface area contributed by atoms with Crippen LogP contribution in [-0.2, 0) is 6.54 Å². The van der Waals surface area contributed by atoms with Crippen LogP contribution < -0.4 is 11.1 Å². The van der Waals surface area contributed by atoms with Crippen LogP contribution >= 0.6 is 0 Å². The third-order valence-corrected chi connectivity index (χ3v) is 3.03. The number of nitrogens with one attached hydrogen (secondary N) is 1. The third-order valence-electron chi connectivity index (χ3n) is 3.03. The highest BCUT2D eigenvalue weighted by Crippen LogP contribution is 2.08. The van der Waals surface area contributed by atoms with E-state index in [9.17, 15) is 0 Å². The van der Waals surface area contributed by atoms with Crippen molar-refractivity contribution in [3.63, 3.8) is 0 Å². The monoisotopic (exact) mass is 264 g/mol. The summed E-state index contributed by atoms with van der Waals surface area (Å²) in [7, 11) is 0. The molecule has 0 aliphatic heterocycles. The molecule has 0 aliphatic carbocycles. The van der Waals surface area contributed by atoms with Crippen LogP contribution in [0, 0.1) is 5.92 Å². The van der Waals surface area contributed by atoms with E-state index in [0.29, 0.717) is 11.7 Å². The lowest BCUT2D eigenvalue weighted by molar-refractivity contribution is 0.318. The molecule has 0 amide bonds. The Bertz CT molecular complexity index is 418. The number of nitrogens with zero attached hydrogens (tertiary/aromatic N) is 2. The first-order chi connectivity index (χ1) is 9.02. The standard InChI is InChI=1S/C14H24N4O/c1-10(2)4-5-11(3)17-9-12-6-7-16-13(8-12)14(15)18-19/h6-8,10-11,17,19H,4-5,9H2,1-3H3,(H2,15,18). The number of hydrogen-bond donors (Lipinski definition) is 3. The first-order valence-corrected chi connectivity index (χ1v) is 6.69. The second-order valence-corrected chi connectivity index (χ2v) is 5.29. The maximum atomic E-state index is 8.63. The zero-order valence-corrected chi connectivity index (χ0v) is 11.9. The lowest BCUT2D eigenvalue weighted by atomic mass is 10.0. The van der Waals surface area contributed by atoms with Crippen LogP contribution in [-0.4, -0.2) is 22.1 Å². The minimum absolute atomic E-state index is 0.0368. The van der Waals surface area contributed by atoms with E-state index in [1.54, 1.807) is 6.20 Å². The van der Waals surface area contributed by atoms with Crippen LogP contribution in [0.2, 0.25) is 0 Å². The van der Waals surface area contributed by atoms with Gasteiger partial charge in [-0.2, -0.15) is 0 Å². The smallest absolute Gasteiger partial charge is 0.188 e. The van der Waals surface area contributed by atoms with Crippen LogP contribution in [0.1, 0.15) is 44.9 Å². The summed E-state index contributed by atoms with van der Waals surface area (Å²) in [4.78, 5) is 4.05. The molecule has 0 radical (unpaired) electrons. The topological polar surface area (TPSA) is 83.5 Å². The molecule has 4 N–H and O–H groups in total. The van der Waals surface area contributed by atoms with Gasteiger partial charge in [0.25, 0.3) is 0 Å². The lowest BCUT2D eigenvalue weighted by Gasteiger charge is -2.15. The third kappa shape index (κ3) is 5.70. The van der Waals surface area contributed by atoms with Crippen LogP contribution in [0.25, 0.3) is 0 Å². The van der Waals surface area contributed by atoms with Gasteiger partial charge in [-0.1, -0.05) is 19.0 Å². The first-order valence-electron chi connectivity index (χ1n) is 6.69. The van der Waals surface area contributed by atoms with E-state index in [-0.39, 0.29) is 5.84 Å². The van der Waals surface area contributed by atoms with Gasteiger partial charge in [-0.15, -0.1) is 0 Å². The van der Waals surface area contributed by atoms with Crippen molar-refractivity contribution in [2.45, 2.75) is 46.2 Å². The molecule has 0 saturated carbocycles. The van der Waals surface area contributed by atoms with E-state index >= 15 is 0 Å². The van der Waals surface area contributed by atoms with Crippen molar-refractivity contribution in [3.05, 3.63) is 29.6 Å². The molecule has 0 spiro atoms. The van der Waals surface area contributed by atoms with Gasteiger partial charge in [0, 0.05) is 18.8 Å². The normalized spacial score (nSPS) is 13.8. The highest BCUT2D eigenvalue weighted by Gasteiger charge is 2.05. The Morgan fingerprint density at radius 1 is 1.42 bits per heavy atom. The van der Waals surface area contributed by atoms with Gasteiger partial charge in [0.05, 0.1) is 0 Å². The molecule has 1 atom stereocenters. The molecule has 1 unspecified atom stereocenters. The van der Waals surface area contributed by atoms with Crippen molar-refractivity contribution in [2.24, 2.45) is 16.8 Å². The average Bonchev–Trinajstić information content (AvgIpc) is 2.42. The molecule has 5 heteroatoms. The molecule has 0 aromatic carbocycles. The number of pyridine rings is 1. The van der Waals surface area contributed by atoms with Gasteiger partial charge in [0.2, 0.25) is 0 Å². The maximum absolute atomic E-state index is 8.63. The van der Waals surface area contributed by atoms with Gasteiger partial charge in [-0.3, -0.25) is 4.98 Å². The largest absolute Gasteiger partial charge is 0.409 e. The van der Waals surface area contributed by atoms with E-state index in [1.165, 1.54) is 6.42 Å². The summed E-state index contributed by atoms with van der Waals surface area (Å²) in [5, 5.41) is 15.0. The first kappa shape index (κ1) is 15.4. The fourth-order valence-corrected chi connectivity index (χ4v) is 1.75. The van der Waals surface area contributed by atoms with Crippen molar-refractivity contribution in [1.29, 1.82) is 0 Å². The molecule has 106 valence electrons. The summed E-state index contributed by atoms with van der Waals surface area (Å²) >= 11 is 0. The average molecular weight is 264 g/mol. The van der Waals surface area contributed by atoms with Crippen LogP contribution in [0.15, 0.2) is 23.5 Å². The quantitative estimate of drug-likeness (QED) is 0.305. The molecule has 1 heterocycles. The maximum Gasteiger partial charge on any atom is 0.188 e. The zero-order chi connectivity index (χ0) is 14.3. The zero-order valence-electron chi connectivity index (χ0n) is 11.9. The predicted molar refractivity (Wildman–Crippen MR) is 77.1 cm³/mol. The second-order valence-electron chi connectivity index (χ2n) is 5.29. The van der Waals surface area contributed by atoms with Gasteiger partial charge in [-0.05, 0) is 43.4 Å². The van der Waals surface area contributed by atoms with Gasteiger partial charge < -0.3 is 16.3 Å². The summed E-state index contributed by atoms with van der Waals surface area (Å²) < 4.78 is 0. The highest BCUT2D eigenvalue weighted by atomic mass is 16.4. The molecule has 5 nitrogen and oxygen atoms in total. The van der Waals surface area contributed by atoms with Crippen LogP contribution in [0.5, 0.6) is 0 Å². The summed E-state index contributed by atoms with van der Waals surface area (Å²) in [5.74, 6) is 0.770. The van der Waals surface area contributed by atoms with Gasteiger partial charge in [0.1, 0.15) is 5.69 Å². The van der Waals surface area contributed by atoms with E-state index in [1.807, 2.05) is 12.1 Å². The number of oxime groups is 1. The molecule has 1 rings (SSSR count). The van der Waals surface area contributed by atoms with Crippen molar-refractivity contribution in [2.75, 3.05) is 0 Å². The molecule has 0 bridgehead atoms. The van der Waals surface area contributed by atoms with Gasteiger partial charge in [-0.25, -0.2) is 0 Å². The van der Waals surface area contributed by atoms with E-state index in [2.05, 4.69) is 36.2 Å². The Kier molecular flexibility index (Phi) is 6.29. The Balaban J connectivity index is 2.49.